The normalized spacial score (nSPS) is 15.2. The molecule has 1 aromatic rings. The first kappa shape index (κ1) is 16.4. The van der Waals surface area contributed by atoms with Gasteiger partial charge in [0.25, 0.3) is 0 Å². The van der Waals surface area contributed by atoms with Crippen LogP contribution in [0.15, 0.2) is 24.3 Å². The molecule has 5 N–H and O–H groups in total. The van der Waals surface area contributed by atoms with Crippen LogP contribution in [0, 0.1) is 0 Å². The number of benzene rings is 1. The molecule has 0 saturated carbocycles. The van der Waals surface area contributed by atoms with E-state index in [0.29, 0.717) is 11.3 Å². The third-order valence-electron chi connectivity index (χ3n) is 2.81. The van der Waals surface area contributed by atoms with Crippen LogP contribution < -0.4 is 5.32 Å². The minimum atomic E-state index is -1.49. The van der Waals surface area contributed by atoms with Gasteiger partial charge in [0.2, 0.25) is 0 Å². The Kier molecular flexibility index (Phi) is 6.40. The van der Waals surface area contributed by atoms with Crippen molar-refractivity contribution >= 4 is 11.7 Å². The van der Waals surface area contributed by atoms with E-state index in [9.17, 15) is 20.1 Å². The molecule has 1 aromatic carbocycles. The predicted octanol–water partition coefficient (Wildman–Crippen LogP) is -1.04. The second kappa shape index (κ2) is 7.81. The summed E-state index contributed by atoms with van der Waals surface area (Å²) in [6, 6.07) is 6.53. The minimum absolute atomic E-state index is 0.105. The number of hydrogen-bond donors (Lipinski definition) is 5. The van der Waals surface area contributed by atoms with Crippen molar-refractivity contribution < 1.29 is 30.0 Å². The number of anilines is 1. The molecule has 20 heavy (non-hydrogen) atoms. The Morgan fingerprint density at radius 1 is 1.25 bits per heavy atom. The fourth-order valence-corrected chi connectivity index (χ4v) is 1.62. The molecule has 0 aliphatic carbocycles. The van der Waals surface area contributed by atoms with E-state index in [-0.39, 0.29) is 6.54 Å². The zero-order valence-corrected chi connectivity index (χ0v) is 11.1. The maximum atomic E-state index is 11.5. The van der Waals surface area contributed by atoms with Gasteiger partial charge in [0.1, 0.15) is 12.2 Å². The molecule has 0 unspecified atom stereocenters. The number of esters is 1. The average Bonchev–Trinajstić information content (AvgIpc) is 2.50. The highest BCUT2D eigenvalue weighted by atomic mass is 16.5. The van der Waals surface area contributed by atoms with Crippen LogP contribution in [0.4, 0.5) is 5.69 Å². The van der Waals surface area contributed by atoms with Gasteiger partial charge in [-0.15, -0.1) is 0 Å². The first-order valence-corrected chi connectivity index (χ1v) is 6.07. The number of carbonyl (C=O) groups excluding carboxylic acids is 1. The zero-order valence-electron chi connectivity index (χ0n) is 11.1. The predicted molar refractivity (Wildman–Crippen MR) is 71.4 cm³/mol. The number of hydrogen-bond acceptors (Lipinski definition) is 7. The smallest absolute Gasteiger partial charge is 0.339 e. The Bertz CT molecular complexity index is 439. The van der Waals surface area contributed by atoms with Gasteiger partial charge in [0.05, 0.1) is 25.4 Å². The van der Waals surface area contributed by atoms with Gasteiger partial charge in [-0.2, -0.15) is 0 Å². The van der Waals surface area contributed by atoms with Crippen molar-refractivity contribution in [2.45, 2.75) is 18.3 Å². The number of aliphatic hydroxyl groups excluding tert-OH is 4. The van der Waals surface area contributed by atoms with E-state index in [2.05, 4.69) is 10.1 Å². The Balaban J connectivity index is 2.68. The minimum Gasteiger partial charge on any atom is -0.465 e. The Hall–Kier alpha value is -1.67. The first-order chi connectivity index (χ1) is 9.51. The van der Waals surface area contributed by atoms with Crippen LogP contribution in [0.1, 0.15) is 10.4 Å². The number of para-hydroxylation sites is 1. The molecule has 0 heterocycles. The topological polar surface area (TPSA) is 119 Å². The molecule has 0 aliphatic rings. The molecule has 0 fully saturated rings. The molecule has 7 nitrogen and oxygen atoms in total. The van der Waals surface area contributed by atoms with E-state index in [0.717, 1.165) is 0 Å². The van der Waals surface area contributed by atoms with Crippen molar-refractivity contribution in [2.24, 2.45) is 0 Å². The van der Waals surface area contributed by atoms with Crippen molar-refractivity contribution in [3.8, 4) is 0 Å². The highest BCUT2D eigenvalue weighted by Crippen LogP contribution is 2.16. The van der Waals surface area contributed by atoms with E-state index in [1.54, 1.807) is 24.3 Å². The Morgan fingerprint density at radius 2 is 1.90 bits per heavy atom. The lowest BCUT2D eigenvalue weighted by atomic mass is 10.1. The van der Waals surface area contributed by atoms with Crippen molar-refractivity contribution in [1.29, 1.82) is 0 Å². The molecule has 0 spiro atoms. The van der Waals surface area contributed by atoms with Crippen LogP contribution >= 0.6 is 0 Å². The third-order valence-corrected chi connectivity index (χ3v) is 2.81. The van der Waals surface area contributed by atoms with Crippen LogP contribution in [0.25, 0.3) is 0 Å². The highest BCUT2D eigenvalue weighted by Gasteiger charge is 2.24. The number of ether oxygens (including phenoxy) is 1. The van der Waals surface area contributed by atoms with E-state index in [1.807, 2.05) is 0 Å². The molecule has 0 aromatic heterocycles. The second-order valence-corrected chi connectivity index (χ2v) is 4.23. The maximum Gasteiger partial charge on any atom is 0.339 e. The molecule has 7 heteroatoms. The summed E-state index contributed by atoms with van der Waals surface area (Å²) in [4.78, 5) is 11.5. The van der Waals surface area contributed by atoms with Gasteiger partial charge >= 0.3 is 5.97 Å². The zero-order chi connectivity index (χ0) is 15.1. The molecule has 0 radical (unpaired) electrons. The monoisotopic (exact) mass is 285 g/mol. The van der Waals surface area contributed by atoms with Crippen molar-refractivity contribution in [1.82, 2.24) is 0 Å². The van der Waals surface area contributed by atoms with Gasteiger partial charge in [0, 0.05) is 12.2 Å². The average molecular weight is 285 g/mol. The van der Waals surface area contributed by atoms with Gasteiger partial charge < -0.3 is 30.5 Å². The SMILES string of the molecule is COC(=O)c1ccccc1NC[C@@H](O)[C@H](O)[C@H](O)CO. The van der Waals surface area contributed by atoms with E-state index in [1.165, 1.54) is 7.11 Å². The molecule has 1 rings (SSSR count). The lowest BCUT2D eigenvalue weighted by Gasteiger charge is -2.22. The summed E-state index contributed by atoms with van der Waals surface area (Å²) in [5.41, 5.74) is 0.725. The lowest BCUT2D eigenvalue weighted by molar-refractivity contribution is -0.0715. The third kappa shape index (κ3) is 4.17. The van der Waals surface area contributed by atoms with Crippen LogP contribution in [-0.4, -0.2) is 65.0 Å². The second-order valence-electron chi connectivity index (χ2n) is 4.23. The van der Waals surface area contributed by atoms with Gasteiger partial charge in [-0.05, 0) is 12.1 Å². The van der Waals surface area contributed by atoms with Crippen molar-refractivity contribution in [3.05, 3.63) is 29.8 Å². The molecule has 0 saturated heterocycles. The summed E-state index contributed by atoms with van der Waals surface area (Å²) in [5, 5.41) is 39.8. The molecule has 0 bridgehead atoms. The van der Waals surface area contributed by atoms with E-state index >= 15 is 0 Å². The summed E-state index contributed by atoms with van der Waals surface area (Å²) < 4.78 is 4.62. The van der Waals surface area contributed by atoms with E-state index < -0.39 is 30.9 Å². The van der Waals surface area contributed by atoms with Crippen molar-refractivity contribution in [2.75, 3.05) is 25.6 Å². The molecule has 3 atom stereocenters. The largest absolute Gasteiger partial charge is 0.465 e. The number of aliphatic hydroxyl groups is 4. The van der Waals surface area contributed by atoms with Gasteiger partial charge in [-0.25, -0.2) is 4.79 Å². The summed E-state index contributed by atoms with van der Waals surface area (Å²) in [7, 11) is 1.26. The number of nitrogens with one attached hydrogen (secondary N) is 1. The summed E-state index contributed by atoms with van der Waals surface area (Å²) in [5.74, 6) is -0.529. The number of methoxy groups -OCH3 is 1. The fourth-order valence-electron chi connectivity index (χ4n) is 1.62. The van der Waals surface area contributed by atoms with Crippen molar-refractivity contribution in [3.63, 3.8) is 0 Å². The Morgan fingerprint density at radius 3 is 2.50 bits per heavy atom. The Labute approximate surface area is 116 Å². The quantitative estimate of drug-likeness (QED) is 0.406. The highest BCUT2D eigenvalue weighted by molar-refractivity contribution is 5.95. The first-order valence-electron chi connectivity index (χ1n) is 6.07. The van der Waals surface area contributed by atoms with Crippen LogP contribution in [-0.2, 0) is 4.74 Å². The standard InChI is InChI=1S/C13H19NO6/c1-20-13(19)8-4-2-3-5-9(8)14-6-10(16)12(18)11(17)7-15/h2-5,10-12,14-18H,6-7H2,1H3/t10-,11-,12+/m1/s1. The van der Waals surface area contributed by atoms with Gasteiger partial charge in [-0.1, -0.05) is 12.1 Å². The molecule has 0 aliphatic heterocycles. The van der Waals surface area contributed by atoms with Gasteiger partial charge in [0.15, 0.2) is 0 Å². The number of rotatable bonds is 7. The maximum absolute atomic E-state index is 11.5. The van der Waals surface area contributed by atoms with Gasteiger partial charge in [-0.3, -0.25) is 0 Å². The lowest BCUT2D eigenvalue weighted by Crippen LogP contribution is -2.43. The molecular weight excluding hydrogens is 266 g/mol. The fraction of sp³-hybridized carbons (Fsp3) is 0.462. The summed E-state index contributed by atoms with van der Waals surface area (Å²) in [6.07, 6.45) is -4.22. The van der Waals surface area contributed by atoms with Crippen LogP contribution in [0.5, 0.6) is 0 Å². The molecule has 0 amide bonds. The van der Waals surface area contributed by atoms with Crippen LogP contribution in [0.3, 0.4) is 0 Å². The molecular formula is C13H19NO6. The summed E-state index contributed by atoms with van der Waals surface area (Å²) in [6.45, 7) is -0.761. The number of carbonyl (C=O) groups is 1. The van der Waals surface area contributed by atoms with E-state index in [4.69, 9.17) is 5.11 Å². The van der Waals surface area contributed by atoms with Crippen LogP contribution in [0.2, 0.25) is 0 Å². The molecule has 112 valence electrons. The summed E-state index contributed by atoms with van der Waals surface area (Å²) >= 11 is 0.